The van der Waals surface area contributed by atoms with Crippen molar-refractivity contribution in [3.05, 3.63) is 65.2 Å². The van der Waals surface area contributed by atoms with E-state index in [9.17, 15) is 14.4 Å². The van der Waals surface area contributed by atoms with Gasteiger partial charge in [-0.3, -0.25) is 4.79 Å². The third kappa shape index (κ3) is 6.55. The number of nitrogens with one attached hydrogen (secondary N) is 1. The van der Waals surface area contributed by atoms with Crippen molar-refractivity contribution in [2.75, 3.05) is 20.2 Å². The summed E-state index contributed by atoms with van der Waals surface area (Å²) in [4.78, 5) is 41.7. The Morgan fingerprint density at radius 2 is 1.54 bits per heavy atom. The molecule has 2 amide bonds. The Labute approximate surface area is 222 Å². The van der Waals surface area contributed by atoms with Crippen LogP contribution < -0.4 is 5.32 Å². The first kappa shape index (κ1) is 26.8. The molecule has 2 aromatic carbocycles. The minimum absolute atomic E-state index is 0.0380. The van der Waals surface area contributed by atoms with E-state index in [0.29, 0.717) is 13.1 Å². The predicted molar refractivity (Wildman–Crippen MR) is 143 cm³/mol. The minimum atomic E-state index is -0.945. The Bertz CT molecular complexity index is 1160. The molecule has 196 valence electrons. The fourth-order valence-corrected chi connectivity index (χ4v) is 5.80. The molecule has 0 bridgehead atoms. The number of ether oxygens (including phenoxy) is 2. The molecule has 8 heteroatoms. The fraction of sp³-hybridized carbons (Fsp3) is 0.414. The highest BCUT2D eigenvalue weighted by Crippen LogP contribution is 2.47. The summed E-state index contributed by atoms with van der Waals surface area (Å²) in [6.07, 6.45) is 1.16. The van der Waals surface area contributed by atoms with E-state index in [0.717, 1.165) is 12.8 Å². The quantitative estimate of drug-likeness (QED) is 0.450. The van der Waals surface area contributed by atoms with Gasteiger partial charge in [-0.05, 0) is 68.9 Å². The Kier molecular flexibility index (Phi) is 8.27. The van der Waals surface area contributed by atoms with Crippen LogP contribution in [0.25, 0.3) is 5.57 Å². The normalized spacial score (nSPS) is 15.8. The van der Waals surface area contributed by atoms with E-state index in [4.69, 9.17) is 9.47 Å². The van der Waals surface area contributed by atoms with E-state index in [1.165, 1.54) is 39.2 Å². The van der Waals surface area contributed by atoms with Crippen LogP contribution in [0.1, 0.15) is 57.6 Å². The van der Waals surface area contributed by atoms with Gasteiger partial charge in [-0.1, -0.05) is 53.7 Å². The van der Waals surface area contributed by atoms with Gasteiger partial charge in [0.15, 0.2) is 0 Å². The first-order valence-electron chi connectivity index (χ1n) is 12.6. The van der Waals surface area contributed by atoms with E-state index in [2.05, 4.69) is 53.8 Å². The lowest BCUT2D eigenvalue weighted by Crippen LogP contribution is -2.45. The lowest BCUT2D eigenvalue weighted by atomic mass is 9.88. The van der Waals surface area contributed by atoms with E-state index in [1.54, 1.807) is 32.5 Å². The number of piperidine rings is 1. The van der Waals surface area contributed by atoms with Gasteiger partial charge in [0.1, 0.15) is 11.6 Å². The number of methoxy groups -OCH3 is 1. The Balaban J connectivity index is 1.41. The highest BCUT2D eigenvalue weighted by atomic mass is 32.2. The van der Waals surface area contributed by atoms with Crippen molar-refractivity contribution >= 4 is 35.3 Å². The van der Waals surface area contributed by atoms with E-state index < -0.39 is 23.7 Å². The SMILES string of the molecule is COC(=O)[C@H](CCC(=O)N1CCC(=C2c3ccccc3Sc3ccccc32)CC1)NC(=O)OC(C)(C)C. The zero-order valence-electron chi connectivity index (χ0n) is 21.8. The topological polar surface area (TPSA) is 84.9 Å². The molecule has 1 atom stereocenters. The zero-order valence-corrected chi connectivity index (χ0v) is 22.7. The molecule has 2 aromatic rings. The molecule has 0 aliphatic carbocycles. The number of hydrogen-bond donors (Lipinski definition) is 1. The van der Waals surface area contributed by atoms with Crippen LogP contribution in [-0.2, 0) is 19.1 Å². The summed E-state index contributed by atoms with van der Waals surface area (Å²) in [6, 6.07) is 16.1. The number of benzene rings is 2. The molecule has 4 rings (SSSR count). The number of likely N-dealkylation sites (tertiary alicyclic amines) is 1. The van der Waals surface area contributed by atoms with Crippen LogP contribution in [0.5, 0.6) is 0 Å². The molecule has 2 aliphatic rings. The molecule has 0 radical (unpaired) electrons. The molecule has 0 saturated carbocycles. The maximum absolute atomic E-state index is 13.0. The lowest BCUT2D eigenvalue weighted by molar-refractivity contribution is -0.143. The van der Waals surface area contributed by atoms with Crippen molar-refractivity contribution < 1.29 is 23.9 Å². The van der Waals surface area contributed by atoms with Crippen molar-refractivity contribution in [2.24, 2.45) is 0 Å². The van der Waals surface area contributed by atoms with Crippen LogP contribution in [-0.4, -0.2) is 54.7 Å². The second kappa shape index (κ2) is 11.4. The number of carbonyl (C=O) groups excluding carboxylic acids is 3. The van der Waals surface area contributed by atoms with Crippen molar-refractivity contribution in [2.45, 2.75) is 67.9 Å². The molecule has 0 aromatic heterocycles. The van der Waals surface area contributed by atoms with E-state index >= 15 is 0 Å². The van der Waals surface area contributed by atoms with Crippen molar-refractivity contribution in [3.63, 3.8) is 0 Å². The van der Waals surface area contributed by atoms with Crippen molar-refractivity contribution in [1.82, 2.24) is 10.2 Å². The number of amides is 2. The molecule has 1 saturated heterocycles. The number of rotatable bonds is 5. The number of hydrogen-bond acceptors (Lipinski definition) is 6. The van der Waals surface area contributed by atoms with Gasteiger partial charge in [-0.2, -0.15) is 0 Å². The molecular formula is C29H34N2O5S. The number of alkyl carbamates (subject to hydrolysis) is 1. The van der Waals surface area contributed by atoms with E-state index in [1.807, 2.05) is 4.90 Å². The predicted octanol–water partition coefficient (Wildman–Crippen LogP) is 5.42. The fourth-order valence-electron chi connectivity index (χ4n) is 4.71. The maximum Gasteiger partial charge on any atom is 0.408 e. The van der Waals surface area contributed by atoms with Gasteiger partial charge in [0, 0.05) is 29.3 Å². The first-order valence-corrected chi connectivity index (χ1v) is 13.4. The summed E-state index contributed by atoms with van der Waals surface area (Å²) >= 11 is 1.80. The second-order valence-corrected chi connectivity index (χ2v) is 11.3. The van der Waals surface area contributed by atoms with Gasteiger partial charge in [-0.25, -0.2) is 9.59 Å². The van der Waals surface area contributed by atoms with Gasteiger partial charge in [0.05, 0.1) is 7.11 Å². The summed E-state index contributed by atoms with van der Waals surface area (Å²) < 4.78 is 10.1. The molecule has 2 heterocycles. The van der Waals surface area contributed by atoms with E-state index in [-0.39, 0.29) is 18.7 Å². The average Bonchev–Trinajstić information content (AvgIpc) is 2.88. The van der Waals surface area contributed by atoms with Crippen LogP contribution >= 0.6 is 11.8 Å². The summed E-state index contributed by atoms with van der Waals surface area (Å²) in [5, 5.41) is 2.54. The van der Waals surface area contributed by atoms with Crippen molar-refractivity contribution in [3.8, 4) is 0 Å². The van der Waals surface area contributed by atoms with Gasteiger partial charge in [-0.15, -0.1) is 0 Å². The van der Waals surface area contributed by atoms with Crippen LogP contribution in [0.2, 0.25) is 0 Å². The first-order chi connectivity index (χ1) is 17.7. The number of esters is 1. The standard InChI is InChI=1S/C29H34N2O5S/c1-29(2,3)36-28(34)30-22(27(33)35-4)13-14-25(32)31-17-15-19(16-18-31)26-20-9-5-7-11-23(20)37-24-12-8-6-10-21(24)26/h5-12,22H,13-18H2,1-4H3,(H,30,34)/t22-/m0/s1. The van der Waals surface area contributed by atoms with Crippen LogP contribution in [0.15, 0.2) is 63.9 Å². The van der Waals surface area contributed by atoms with Gasteiger partial charge < -0.3 is 19.7 Å². The van der Waals surface area contributed by atoms with Crippen LogP contribution in [0.3, 0.4) is 0 Å². The zero-order chi connectivity index (χ0) is 26.6. The lowest BCUT2D eigenvalue weighted by Gasteiger charge is -2.32. The number of nitrogens with zero attached hydrogens (tertiary/aromatic N) is 1. The Hall–Kier alpha value is -3.26. The van der Waals surface area contributed by atoms with Crippen molar-refractivity contribution in [1.29, 1.82) is 0 Å². The highest BCUT2D eigenvalue weighted by Gasteiger charge is 2.29. The summed E-state index contributed by atoms with van der Waals surface area (Å²) in [5.74, 6) is -0.638. The Morgan fingerprint density at radius 3 is 2.08 bits per heavy atom. The Morgan fingerprint density at radius 1 is 0.973 bits per heavy atom. The third-order valence-corrected chi connectivity index (χ3v) is 7.58. The number of fused-ring (bicyclic) bond motifs is 2. The molecule has 1 N–H and O–H groups in total. The monoisotopic (exact) mass is 522 g/mol. The van der Waals surface area contributed by atoms with Gasteiger partial charge >= 0.3 is 12.1 Å². The second-order valence-electron chi connectivity index (χ2n) is 10.2. The molecule has 1 fully saturated rings. The molecule has 37 heavy (non-hydrogen) atoms. The maximum atomic E-state index is 13.0. The smallest absolute Gasteiger partial charge is 0.408 e. The number of carbonyl (C=O) groups is 3. The van der Waals surface area contributed by atoms with Gasteiger partial charge in [0.25, 0.3) is 0 Å². The largest absolute Gasteiger partial charge is 0.467 e. The average molecular weight is 523 g/mol. The van der Waals surface area contributed by atoms with Gasteiger partial charge in [0.2, 0.25) is 5.91 Å². The molecule has 7 nitrogen and oxygen atoms in total. The molecule has 2 aliphatic heterocycles. The summed E-state index contributed by atoms with van der Waals surface area (Å²) in [7, 11) is 1.26. The summed E-state index contributed by atoms with van der Waals surface area (Å²) in [6.45, 7) is 6.47. The molecule has 0 spiro atoms. The molecule has 0 unspecified atom stereocenters. The summed E-state index contributed by atoms with van der Waals surface area (Å²) in [5.41, 5.74) is 4.48. The highest BCUT2D eigenvalue weighted by molar-refractivity contribution is 7.99. The van der Waals surface area contributed by atoms with Crippen LogP contribution in [0.4, 0.5) is 4.79 Å². The van der Waals surface area contributed by atoms with Crippen LogP contribution in [0, 0.1) is 0 Å². The minimum Gasteiger partial charge on any atom is -0.467 e. The molecular weight excluding hydrogens is 488 g/mol. The third-order valence-electron chi connectivity index (χ3n) is 6.43.